The first kappa shape index (κ1) is 23.6. The molecule has 0 aliphatic rings. The first-order valence-electron chi connectivity index (χ1n) is 9.71. The minimum absolute atomic E-state index is 0.0628. The monoisotopic (exact) mass is 506 g/mol. The quantitative estimate of drug-likeness (QED) is 0.317. The Morgan fingerprint density at radius 1 is 1.06 bits per heavy atom. The third kappa shape index (κ3) is 6.45. The number of carboxylic acid groups (broad SMARTS) is 1. The van der Waals surface area contributed by atoms with E-state index in [-0.39, 0.29) is 17.7 Å². The van der Waals surface area contributed by atoms with Crippen molar-refractivity contribution < 1.29 is 24.2 Å². The highest BCUT2D eigenvalue weighted by Crippen LogP contribution is 2.30. The largest absolute Gasteiger partial charge is 0.493 e. The van der Waals surface area contributed by atoms with Gasteiger partial charge in [0.1, 0.15) is 18.2 Å². The molecular weight excluding hydrogens is 488 g/mol. The lowest BCUT2D eigenvalue weighted by molar-refractivity contribution is -0.112. The number of rotatable bonds is 8. The standard InChI is InChI=1S/C25H19BrN2O5/c1-32-23-13-17(12-19(14-27)24(29)28-21-9-7-20(26)8-10-21)4-11-22(23)33-15-16-2-5-18(6-3-16)25(30)31/h2-13H,15H2,1H3,(H,28,29)(H,30,31)/b19-12-. The van der Waals surface area contributed by atoms with Gasteiger partial charge in [-0.05, 0) is 65.7 Å². The van der Waals surface area contributed by atoms with E-state index in [0.717, 1.165) is 10.0 Å². The number of methoxy groups -OCH3 is 1. The van der Waals surface area contributed by atoms with E-state index in [9.17, 15) is 14.9 Å². The molecule has 0 fully saturated rings. The van der Waals surface area contributed by atoms with Crippen molar-refractivity contribution in [3.63, 3.8) is 0 Å². The van der Waals surface area contributed by atoms with Crippen LogP contribution in [0.15, 0.2) is 76.8 Å². The second kappa shape index (κ2) is 11.0. The molecule has 2 N–H and O–H groups in total. The van der Waals surface area contributed by atoms with Gasteiger partial charge in [-0.3, -0.25) is 4.79 Å². The highest BCUT2D eigenvalue weighted by atomic mass is 79.9. The number of carbonyl (C=O) groups is 2. The predicted molar refractivity (Wildman–Crippen MR) is 127 cm³/mol. The Morgan fingerprint density at radius 2 is 1.76 bits per heavy atom. The molecule has 3 aromatic carbocycles. The van der Waals surface area contributed by atoms with Gasteiger partial charge >= 0.3 is 5.97 Å². The van der Waals surface area contributed by atoms with Gasteiger partial charge in [0.05, 0.1) is 12.7 Å². The van der Waals surface area contributed by atoms with Crippen LogP contribution in [0.25, 0.3) is 6.08 Å². The zero-order valence-corrected chi connectivity index (χ0v) is 19.1. The zero-order valence-electron chi connectivity index (χ0n) is 17.5. The number of ether oxygens (including phenoxy) is 2. The molecular formula is C25H19BrN2O5. The van der Waals surface area contributed by atoms with Crippen molar-refractivity contribution in [2.24, 2.45) is 0 Å². The number of nitrogens with one attached hydrogen (secondary N) is 1. The summed E-state index contributed by atoms with van der Waals surface area (Å²) in [6, 6.07) is 20.4. The molecule has 0 aliphatic carbocycles. The van der Waals surface area contributed by atoms with Crippen LogP contribution in [0.2, 0.25) is 0 Å². The molecule has 3 rings (SSSR count). The normalized spacial score (nSPS) is 10.8. The topological polar surface area (TPSA) is 109 Å². The number of aromatic carboxylic acids is 1. The van der Waals surface area contributed by atoms with Crippen LogP contribution < -0.4 is 14.8 Å². The summed E-state index contributed by atoms with van der Waals surface area (Å²) in [4.78, 5) is 23.4. The molecule has 0 unspecified atom stereocenters. The molecule has 0 atom stereocenters. The first-order chi connectivity index (χ1) is 15.9. The van der Waals surface area contributed by atoms with Gasteiger partial charge in [-0.25, -0.2) is 4.79 Å². The van der Waals surface area contributed by atoms with Crippen molar-refractivity contribution in [1.82, 2.24) is 0 Å². The van der Waals surface area contributed by atoms with Crippen LogP contribution in [0.5, 0.6) is 11.5 Å². The number of carbonyl (C=O) groups excluding carboxylic acids is 1. The second-order valence-corrected chi connectivity index (χ2v) is 7.75. The molecule has 0 heterocycles. The van der Waals surface area contributed by atoms with Gasteiger partial charge in [0.15, 0.2) is 11.5 Å². The Labute approximate surface area is 199 Å². The molecule has 33 heavy (non-hydrogen) atoms. The van der Waals surface area contributed by atoms with Crippen molar-refractivity contribution in [2.45, 2.75) is 6.61 Å². The molecule has 0 bridgehead atoms. The fourth-order valence-corrected chi connectivity index (χ4v) is 3.11. The van der Waals surface area contributed by atoms with E-state index in [1.54, 1.807) is 54.6 Å². The summed E-state index contributed by atoms with van der Waals surface area (Å²) in [5.74, 6) is -0.620. The van der Waals surface area contributed by atoms with Gasteiger partial charge in [-0.1, -0.05) is 34.1 Å². The maximum Gasteiger partial charge on any atom is 0.335 e. The van der Waals surface area contributed by atoms with Crippen LogP contribution in [0.3, 0.4) is 0 Å². The van der Waals surface area contributed by atoms with Crippen molar-refractivity contribution in [2.75, 3.05) is 12.4 Å². The van der Waals surface area contributed by atoms with Crippen molar-refractivity contribution >= 4 is 39.6 Å². The van der Waals surface area contributed by atoms with Gasteiger partial charge in [-0.2, -0.15) is 5.26 Å². The highest BCUT2D eigenvalue weighted by Gasteiger charge is 2.12. The van der Waals surface area contributed by atoms with Crippen LogP contribution in [0, 0.1) is 11.3 Å². The number of carboxylic acids is 1. The third-order valence-electron chi connectivity index (χ3n) is 4.56. The molecule has 0 radical (unpaired) electrons. The van der Waals surface area contributed by atoms with Gasteiger partial charge in [0.25, 0.3) is 5.91 Å². The molecule has 0 aromatic heterocycles. The fraction of sp³-hybridized carbons (Fsp3) is 0.0800. The Kier molecular flexibility index (Phi) is 7.84. The Hall–Kier alpha value is -4.09. The Bertz CT molecular complexity index is 1230. The highest BCUT2D eigenvalue weighted by molar-refractivity contribution is 9.10. The van der Waals surface area contributed by atoms with E-state index in [0.29, 0.717) is 22.7 Å². The number of halogens is 1. The molecule has 1 amide bonds. The lowest BCUT2D eigenvalue weighted by atomic mass is 10.1. The van der Waals surface area contributed by atoms with Crippen molar-refractivity contribution in [1.29, 1.82) is 5.26 Å². The summed E-state index contributed by atoms with van der Waals surface area (Å²) >= 11 is 3.33. The molecule has 0 saturated heterocycles. The second-order valence-electron chi connectivity index (χ2n) is 6.83. The maximum absolute atomic E-state index is 12.5. The Morgan fingerprint density at radius 3 is 2.36 bits per heavy atom. The first-order valence-corrected chi connectivity index (χ1v) is 10.5. The number of nitrogens with zero attached hydrogens (tertiary/aromatic N) is 1. The number of anilines is 1. The zero-order chi connectivity index (χ0) is 23.8. The van der Waals surface area contributed by atoms with Crippen LogP contribution in [0.4, 0.5) is 5.69 Å². The van der Waals surface area contributed by atoms with E-state index in [4.69, 9.17) is 14.6 Å². The number of amides is 1. The number of hydrogen-bond donors (Lipinski definition) is 2. The molecule has 7 nitrogen and oxygen atoms in total. The van der Waals surface area contributed by atoms with Crippen molar-refractivity contribution in [3.05, 3.63) is 93.5 Å². The Balaban J connectivity index is 1.72. The molecule has 0 saturated carbocycles. The van der Waals surface area contributed by atoms with Crippen LogP contribution >= 0.6 is 15.9 Å². The van der Waals surface area contributed by atoms with E-state index < -0.39 is 11.9 Å². The third-order valence-corrected chi connectivity index (χ3v) is 5.09. The fourth-order valence-electron chi connectivity index (χ4n) is 2.84. The summed E-state index contributed by atoms with van der Waals surface area (Å²) in [6.45, 7) is 0.213. The SMILES string of the molecule is COc1cc(/C=C(/C#N)C(=O)Nc2ccc(Br)cc2)ccc1OCc1ccc(C(=O)O)cc1. The molecule has 8 heteroatoms. The summed E-state index contributed by atoms with van der Waals surface area (Å²) in [5, 5.41) is 21.1. The molecule has 0 spiro atoms. The average Bonchev–Trinajstić information content (AvgIpc) is 2.83. The van der Waals surface area contributed by atoms with Gasteiger partial charge in [0.2, 0.25) is 0 Å². The van der Waals surface area contributed by atoms with Gasteiger partial charge < -0.3 is 19.9 Å². The average molecular weight is 507 g/mol. The van der Waals surface area contributed by atoms with Gasteiger partial charge in [-0.15, -0.1) is 0 Å². The van der Waals surface area contributed by atoms with E-state index >= 15 is 0 Å². The lowest BCUT2D eigenvalue weighted by Gasteiger charge is -2.12. The van der Waals surface area contributed by atoms with Crippen LogP contribution in [-0.2, 0) is 11.4 Å². The molecule has 166 valence electrons. The maximum atomic E-state index is 12.5. The summed E-state index contributed by atoms with van der Waals surface area (Å²) < 4.78 is 12.1. The number of nitriles is 1. The molecule has 0 aliphatic heterocycles. The smallest absolute Gasteiger partial charge is 0.335 e. The van der Waals surface area contributed by atoms with Crippen LogP contribution in [0.1, 0.15) is 21.5 Å². The predicted octanol–water partition coefficient (Wildman–Crippen LogP) is 5.28. The number of hydrogen-bond acceptors (Lipinski definition) is 5. The van der Waals surface area contributed by atoms with Crippen LogP contribution in [-0.4, -0.2) is 24.1 Å². The van der Waals surface area contributed by atoms with Crippen molar-refractivity contribution in [3.8, 4) is 17.6 Å². The van der Waals surface area contributed by atoms with E-state index in [2.05, 4.69) is 21.2 Å². The molecule has 3 aromatic rings. The minimum Gasteiger partial charge on any atom is -0.493 e. The lowest BCUT2D eigenvalue weighted by Crippen LogP contribution is -2.13. The minimum atomic E-state index is -0.991. The van der Waals surface area contributed by atoms with E-state index in [1.807, 2.05) is 6.07 Å². The van der Waals surface area contributed by atoms with Gasteiger partial charge in [0, 0.05) is 10.2 Å². The summed E-state index contributed by atoms with van der Waals surface area (Å²) in [5.41, 5.74) is 2.09. The summed E-state index contributed by atoms with van der Waals surface area (Å²) in [7, 11) is 1.49. The number of benzene rings is 3. The summed E-state index contributed by atoms with van der Waals surface area (Å²) in [6.07, 6.45) is 1.46. The van der Waals surface area contributed by atoms with E-state index in [1.165, 1.54) is 25.3 Å².